The molecule has 1 aliphatic heterocycles. The Morgan fingerprint density at radius 3 is 2.63 bits per heavy atom. The molecule has 4 aromatic rings. The maximum absolute atomic E-state index is 15.5. The van der Waals surface area contributed by atoms with Crippen LogP contribution in [0, 0.1) is 11.8 Å². The molecule has 2 amide bonds. The predicted octanol–water partition coefficient (Wildman–Crippen LogP) is 5.04. The molecule has 0 saturated carbocycles. The molecule has 0 aliphatic carbocycles. The molecule has 1 aliphatic rings. The Morgan fingerprint density at radius 1 is 1.15 bits per heavy atom. The molecule has 14 heteroatoms. The standard InChI is InChI=1S/C27H24F5N7O2/c1-2-21(40)38-9-3-4-15(13-38)25-37-22(23-24(33)35-12-19(29)39(23)25)17-6-5-14(10-18(17)28)26(41)36-20-11-16(7-8-34-20)27(30,31)32/h5-8,10-12,15H,2-4,9,13H2,1H3,(H2,33,35)(H,34,36,41). The summed E-state index contributed by atoms with van der Waals surface area (Å²) in [7, 11) is 0. The van der Waals surface area contributed by atoms with Crippen LogP contribution < -0.4 is 11.1 Å². The van der Waals surface area contributed by atoms with E-state index in [0.717, 1.165) is 24.5 Å². The van der Waals surface area contributed by atoms with E-state index in [1.807, 2.05) is 0 Å². The molecule has 0 spiro atoms. The van der Waals surface area contributed by atoms with Gasteiger partial charge in [0, 0.05) is 42.8 Å². The molecule has 1 atom stereocenters. The molecule has 3 N–H and O–H groups in total. The number of carbonyl (C=O) groups is 2. The molecule has 1 fully saturated rings. The molecule has 1 aromatic carbocycles. The van der Waals surface area contributed by atoms with Crippen molar-refractivity contribution in [3.05, 3.63) is 71.4 Å². The Morgan fingerprint density at radius 2 is 1.93 bits per heavy atom. The number of anilines is 2. The third-order valence-electron chi connectivity index (χ3n) is 6.93. The number of aromatic nitrogens is 4. The lowest BCUT2D eigenvalue weighted by atomic mass is 9.97. The number of nitrogens with two attached hydrogens (primary N) is 1. The van der Waals surface area contributed by atoms with Crippen molar-refractivity contribution in [1.82, 2.24) is 24.3 Å². The van der Waals surface area contributed by atoms with Crippen molar-refractivity contribution >= 4 is 29.0 Å². The molecule has 5 rings (SSSR count). The number of hydrogen-bond acceptors (Lipinski definition) is 6. The van der Waals surface area contributed by atoms with Gasteiger partial charge in [-0.05, 0) is 43.2 Å². The van der Waals surface area contributed by atoms with Crippen LogP contribution in [0.15, 0.2) is 42.7 Å². The third-order valence-corrected chi connectivity index (χ3v) is 6.93. The second-order valence-corrected chi connectivity index (χ2v) is 9.58. The first-order valence-corrected chi connectivity index (χ1v) is 12.7. The topological polar surface area (TPSA) is 119 Å². The summed E-state index contributed by atoms with van der Waals surface area (Å²) < 4.78 is 70.7. The summed E-state index contributed by atoms with van der Waals surface area (Å²) in [5.74, 6) is -3.18. The van der Waals surface area contributed by atoms with Crippen molar-refractivity contribution in [2.75, 3.05) is 24.1 Å². The summed E-state index contributed by atoms with van der Waals surface area (Å²) in [4.78, 5) is 38.8. The zero-order valence-corrected chi connectivity index (χ0v) is 21.7. The smallest absolute Gasteiger partial charge is 0.382 e. The maximum atomic E-state index is 15.5. The van der Waals surface area contributed by atoms with Gasteiger partial charge in [-0.2, -0.15) is 17.6 Å². The van der Waals surface area contributed by atoms with Crippen molar-refractivity contribution in [2.24, 2.45) is 0 Å². The van der Waals surface area contributed by atoms with E-state index in [2.05, 4.69) is 20.3 Å². The van der Waals surface area contributed by atoms with Crippen molar-refractivity contribution in [2.45, 2.75) is 38.3 Å². The highest BCUT2D eigenvalue weighted by Crippen LogP contribution is 2.36. The van der Waals surface area contributed by atoms with Gasteiger partial charge in [0.1, 0.15) is 34.5 Å². The van der Waals surface area contributed by atoms with Crippen LogP contribution in [0.1, 0.15) is 53.8 Å². The maximum Gasteiger partial charge on any atom is 0.416 e. The Bertz CT molecular complexity index is 1650. The van der Waals surface area contributed by atoms with E-state index in [0.29, 0.717) is 38.4 Å². The van der Waals surface area contributed by atoms with Crippen LogP contribution >= 0.6 is 0 Å². The molecule has 4 heterocycles. The number of alkyl halides is 3. The van der Waals surface area contributed by atoms with Crippen LogP contribution in [-0.2, 0) is 11.0 Å². The minimum absolute atomic E-state index is 0.00700. The monoisotopic (exact) mass is 573 g/mol. The number of rotatable bonds is 5. The van der Waals surface area contributed by atoms with E-state index in [9.17, 15) is 22.8 Å². The molecule has 1 unspecified atom stereocenters. The van der Waals surface area contributed by atoms with Crippen molar-refractivity contribution in [3.8, 4) is 11.3 Å². The number of nitrogen functional groups attached to an aromatic ring is 1. The number of halogens is 5. The molecule has 41 heavy (non-hydrogen) atoms. The van der Waals surface area contributed by atoms with Crippen molar-refractivity contribution in [3.63, 3.8) is 0 Å². The van der Waals surface area contributed by atoms with Crippen LogP contribution in [-0.4, -0.2) is 49.2 Å². The minimum Gasteiger partial charge on any atom is -0.382 e. The number of hydrogen-bond donors (Lipinski definition) is 2. The lowest BCUT2D eigenvalue weighted by molar-refractivity contribution is -0.137. The van der Waals surface area contributed by atoms with Gasteiger partial charge < -0.3 is 16.0 Å². The van der Waals surface area contributed by atoms with Gasteiger partial charge in [-0.15, -0.1) is 0 Å². The summed E-state index contributed by atoms with van der Waals surface area (Å²) in [6.07, 6.45) is -1.22. The Labute approximate surface area is 230 Å². The first-order chi connectivity index (χ1) is 19.5. The lowest BCUT2D eigenvalue weighted by Gasteiger charge is -2.32. The quantitative estimate of drug-likeness (QED) is 0.323. The van der Waals surface area contributed by atoms with Crippen LogP contribution in [0.25, 0.3) is 16.8 Å². The molecule has 0 bridgehead atoms. The van der Waals surface area contributed by atoms with Gasteiger partial charge in [-0.25, -0.2) is 19.3 Å². The normalized spacial score (nSPS) is 15.8. The number of pyridine rings is 1. The van der Waals surface area contributed by atoms with E-state index in [4.69, 9.17) is 5.73 Å². The van der Waals surface area contributed by atoms with Crippen molar-refractivity contribution in [1.29, 1.82) is 0 Å². The second-order valence-electron chi connectivity index (χ2n) is 9.58. The van der Waals surface area contributed by atoms with E-state index in [1.165, 1.54) is 16.5 Å². The zero-order chi connectivity index (χ0) is 29.5. The average molecular weight is 574 g/mol. The van der Waals surface area contributed by atoms with E-state index >= 15 is 8.78 Å². The number of fused-ring (bicyclic) bond motifs is 1. The fourth-order valence-electron chi connectivity index (χ4n) is 4.94. The molecular formula is C27H24F5N7O2. The molecule has 1 saturated heterocycles. The number of carbonyl (C=O) groups excluding carboxylic acids is 2. The molecule has 214 valence electrons. The first-order valence-electron chi connectivity index (χ1n) is 12.7. The number of piperidine rings is 1. The first kappa shape index (κ1) is 27.9. The average Bonchev–Trinajstić information content (AvgIpc) is 3.36. The van der Waals surface area contributed by atoms with Gasteiger partial charge in [0.15, 0.2) is 0 Å². The highest BCUT2D eigenvalue weighted by molar-refractivity contribution is 6.04. The lowest BCUT2D eigenvalue weighted by Crippen LogP contribution is -2.39. The van der Waals surface area contributed by atoms with Crippen LogP contribution in [0.4, 0.5) is 33.6 Å². The Hall–Kier alpha value is -4.62. The van der Waals surface area contributed by atoms with Gasteiger partial charge in [0.05, 0.1) is 11.8 Å². The fourth-order valence-corrected chi connectivity index (χ4v) is 4.94. The van der Waals surface area contributed by atoms with E-state index < -0.39 is 29.4 Å². The summed E-state index contributed by atoms with van der Waals surface area (Å²) in [6, 6.07) is 4.79. The molecule has 9 nitrogen and oxygen atoms in total. The highest BCUT2D eigenvalue weighted by atomic mass is 19.4. The largest absolute Gasteiger partial charge is 0.416 e. The van der Waals surface area contributed by atoms with Gasteiger partial charge in [0.2, 0.25) is 11.9 Å². The molecule has 3 aromatic heterocycles. The summed E-state index contributed by atoms with van der Waals surface area (Å²) >= 11 is 0. The van der Waals surface area contributed by atoms with E-state index in [-0.39, 0.29) is 51.6 Å². The number of likely N-dealkylation sites (tertiary alicyclic amines) is 1. The van der Waals surface area contributed by atoms with Gasteiger partial charge in [-0.1, -0.05) is 6.92 Å². The number of nitrogens with one attached hydrogen (secondary N) is 1. The number of nitrogens with zero attached hydrogens (tertiary/aromatic N) is 5. The summed E-state index contributed by atoms with van der Waals surface area (Å²) in [6.45, 7) is 2.63. The molecular weight excluding hydrogens is 549 g/mol. The second kappa shape index (κ2) is 10.7. The highest BCUT2D eigenvalue weighted by Gasteiger charge is 2.32. The van der Waals surface area contributed by atoms with Crippen LogP contribution in [0.2, 0.25) is 0 Å². The predicted molar refractivity (Wildman–Crippen MR) is 139 cm³/mol. The fraction of sp³-hybridized carbons (Fsp3) is 0.296. The zero-order valence-electron chi connectivity index (χ0n) is 21.7. The van der Waals surface area contributed by atoms with Gasteiger partial charge in [-0.3, -0.25) is 14.0 Å². The molecule has 0 radical (unpaired) electrons. The van der Waals surface area contributed by atoms with Crippen molar-refractivity contribution < 1.29 is 31.5 Å². The minimum atomic E-state index is -4.64. The SMILES string of the molecule is CCC(=O)N1CCCC(c2nc(-c3ccc(C(=O)Nc4cc(C(F)(F)F)ccn4)cc3F)c3c(N)ncc(F)n23)C1. The van der Waals surface area contributed by atoms with Gasteiger partial charge >= 0.3 is 6.18 Å². The van der Waals surface area contributed by atoms with Crippen LogP contribution in [0.3, 0.4) is 0 Å². The van der Waals surface area contributed by atoms with E-state index in [1.54, 1.807) is 11.8 Å². The van der Waals surface area contributed by atoms with Gasteiger partial charge in [0.25, 0.3) is 5.91 Å². The summed E-state index contributed by atoms with van der Waals surface area (Å²) in [5, 5.41) is 2.22. The Kier molecular flexibility index (Phi) is 7.32. The number of imidazole rings is 1. The third kappa shape index (κ3) is 5.41. The Balaban J connectivity index is 1.50. The number of benzene rings is 1. The summed E-state index contributed by atoms with van der Waals surface area (Å²) in [5.41, 5.74) is 4.80. The number of amides is 2. The van der Waals surface area contributed by atoms with Crippen LogP contribution in [0.5, 0.6) is 0 Å².